The summed E-state index contributed by atoms with van der Waals surface area (Å²) in [7, 11) is 0. The third-order valence-electron chi connectivity index (χ3n) is 1.32. The summed E-state index contributed by atoms with van der Waals surface area (Å²) >= 11 is 3.17. The van der Waals surface area contributed by atoms with Crippen LogP contribution in [0.4, 0.5) is 0 Å². The molecular weight excluding hydrogens is 264 g/mol. The molecule has 0 saturated heterocycles. The molecular formula is C10H17BrO4. The Morgan fingerprint density at radius 2 is 1.87 bits per heavy atom. The molecule has 4 nitrogen and oxygen atoms in total. The molecule has 0 saturated carbocycles. The van der Waals surface area contributed by atoms with E-state index < -0.39 is 17.7 Å². The Kier molecular flexibility index (Phi) is 5.87. The summed E-state index contributed by atoms with van der Waals surface area (Å²) in [5.74, 6) is -0.767. The van der Waals surface area contributed by atoms with Gasteiger partial charge in [-0.3, -0.25) is 9.59 Å². The van der Waals surface area contributed by atoms with Gasteiger partial charge in [-0.05, 0) is 20.8 Å². The average molecular weight is 281 g/mol. The number of hydrogen-bond acceptors (Lipinski definition) is 4. The van der Waals surface area contributed by atoms with Gasteiger partial charge < -0.3 is 9.47 Å². The van der Waals surface area contributed by atoms with Crippen molar-refractivity contribution >= 4 is 27.9 Å². The highest BCUT2D eigenvalue weighted by atomic mass is 79.9. The lowest BCUT2D eigenvalue weighted by molar-refractivity contribution is -0.159. The fraction of sp³-hybridized carbons (Fsp3) is 0.800. The Labute approximate surface area is 98.4 Å². The monoisotopic (exact) mass is 280 g/mol. The maximum Gasteiger partial charge on any atom is 0.310 e. The Morgan fingerprint density at radius 3 is 2.20 bits per heavy atom. The lowest BCUT2D eigenvalue weighted by Gasteiger charge is -2.21. The molecule has 0 heterocycles. The molecule has 0 unspecified atom stereocenters. The minimum Gasteiger partial charge on any atom is -0.461 e. The van der Waals surface area contributed by atoms with E-state index in [0.717, 1.165) is 0 Å². The molecule has 0 aromatic rings. The Balaban J connectivity index is 4.07. The van der Waals surface area contributed by atoms with E-state index in [4.69, 9.17) is 9.47 Å². The van der Waals surface area contributed by atoms with Crippen molar-refractivity contribution in [2.24, 2.45) is 0 Å². The maximum absolute atomic E-state index is 11.4. The van der Waals surface area contributed by atoms with E-state index in [-0.39, 0.29) is 12.4 Å². The Morgan fingerprint density at radius 1 is 1.33 bits per heavy atom. The second-order valence-electron chi connectivity index (χ2n) is 4.18. The minimum atomic E-state index is -0.510. The topological polar surface area (TPSA) is 52.6 Å². The van der Waals surface area contributed by atoms with Gasteiger partial charge in [-0.2, -0.15) is 0 Å². The average Bonchev–Trinajstić information content (AvgIpc) is 1.98. The molecule has 0 N–H and O–H groups in total. The number of ether oxygens (including phenoxy) is 2. The molecule has 88 valence electrons. The predicted molar refractivity (Wildman–Crippen MR) is 59.8 cm³/mol. The summed E-state index contributed by atoms with van der Waals surface area (Å²) in [4.78, 5) is 22.1. The lowest BCUT2D eigenvalue weighted by atomic mass is 10.2. The van der Waals surface area contributed by atoms with Gasteiger partial charge in [0.05, 0.1) is 6.42 Å². The van der Waals surface area contributed by atoms with Gasteiger partial charge in [0.15, 0.2) is 0 Å². The first-order chi connectivity index (χ1) is 6.74. The minimum absolute atomic E-state index is 0.0715. The van der Waals surface area contributed by atoms with Crippen LogP contribution in [0.25, 0.3) is 0 Å². The van der Waals surface area contributed by atoms with Gasteiger partial charge in [-0.15, -0.1) is 0 Å². The van der Waals surface area contributed by atoms with Crippen molar-refractivity contribution in [3.63, 3.8) is 0 Å². The number of carbonyl (C=O) groups excluding carboxylic acids is 2. The molecule has 0 radical (unpaired) electrons. The zero-order valence-electron chi connectivity index (χ0n) is 9.50. The first-order valence-electron chi connectivity index (χ1n) is 4.69. The van der Waals surface area contributed by atoms with Crippen LogP contribution in [-0.2, 0) is 19.1 Å². The first kappa shape index (κ1) is 14.4. The van der Waals surface area contributed by atoms with Crippen molar-refractivity contribution < 1.29 is 19.1 Å². The quantitative estimate of drug-likeness (QED) is 0.584. The van der Waals surface area contributed by atoms with Crippen molar-refractivity contribution in [1.82, 2.24) is 0 Å². The normalized spacial score (nSPS) is 13.1. The molecule has 5 heteroatoms. The van der Waals surface area contributed by atoms with Crippen LogP contribution in [0, 0.1) is 0 Å². The fourth-order valence-electron chi connectivity index (χ4n) is 0.931. The number of halogens is 1. The van der Waals surface area contributed by atoms with Crippen LogP contribution >= 0.6 is 15.9 Å². The molecule has 0 bridgehead atoms. The highest BCUT2D eigenvalue weighted by Gasteiger charge is 2.21. The van der Waals surface area contributed by atoms with Gasteiger partial charge in [-0.1, -0.05) is 15.9 Å². The standard InChI is InChI=1S/C10H17BrO4/c1-7(12)14-8(6-11)5-9(13)15-10(2,3)4/h8H,5-6H2,1-4H3/t8-/m0/s1. The molecule has 0 aromatic carbocycles. The molecule has 0 aliphatic carbocycles. The van der Waals surface area contributed by atoms with Gasteiger partial charge in [0.25, 0.3) is 0 Å². The van der Waals surface area contributed by atoms with E-state index in [1.165, 1.54) is 6.92 Å². The zero-order valence-corrected chi connectivity index (χ0v) is 11.1. The van der Waals surface area contributed by atoms with E-state index >= 15 is 0 Å². The Bertz CT molecular complexity index is 232. The summed E-state index contributed by atoms with van der Waals surface area (Å²) in [6.45, 7) is 6.68. The zero-order chi connectivity index (χ0) is 12.1. The second kappa shape index (κ2) is 6.10. The van der Waals surface area contributed by atoms with Crippen LogP contribution < -0.4 is 0 Å². The van der Waals surface area contributed by atoms with Crippen LogP contribution in [0.2, 0.25) is 0 Å². The van der Waals surface area contributed by atoms with Gasteiger partial charge in [-0.25, -0.2) is 0 Å². The van der Waals surface area contributed by atoms with Crippen LogP contribution in [0.3, 0.4) is 0 Å². The number of carbonyl (C=O) groups is 2. The molecule has 0 aliphatic rings. The second-order valence-corrected chi connectivity index (χ2v) is 4.82. The molecule has 1 atom stereocenters. The number of esters is 2. The largest absolute Gasteiger partial charge is 0.461 e. The summed E-state index contributed by atoms with van der Waals surface area (Å²) < 4.78 is 10.00. The number of rotatable bonds is 4. The first-order valence-corrected chi connectivity index (χ1v) is 5.82. The number of hydrogen-bond donors (Lipinski definition) is 0. The van der Waals surface area contributed by atoms with Gasteiger partial charge in [0, 0.05) is 12.3 Å². The SMILES string of the molecule is CC(=O)O[C@H](CBr)CC(=O)OC(C)(C)C. The van der Waals surface area contributed by atoms with Crippen LogP contribution in [0.5, 0.6) is 0 Å². The van der Waals surface area contributed by atoms with Gasteiger partial charge >= 0.3 is 11.9 Å². The Hall–Kier alpha value is -0.580. The van der Waals surface area contributed by atoms with Crippen LogP contribution in [0.15, 0.2) is 0 Å². The molecule has 0 amide bonds. The molecule has 0 aliphatic heterocycles. The van der Waals surface area contributed by atoms with Crippen LogP contribution in [-0.4, -0.2) is 29.0 Å². The molecule has 15 heavy (non-hydrogen) atoms. The van der Waals surface area contributed by atoms with Gasteiger partial charge in [0.1, 0.15) is 11.7 Å². The van der Waals surface area contributed by atoms with Gasteiger partial charge in [0.2, 0.25) is 0 Å². The maximum atomic E-state index is 11.4. The van der Waals surface area contributed by atoms with Crippen molar-refractivity contribution in [1.29, 1.82) is 0 Å². The van der Waals surface area contributed by atoms with Crippen molar-refractivity contribution in [2.75, 3.05) is 5.33 Å². The summed E-state index contributed by atoms with van der Waals surface area (Å²) in [6.07, 6.45) is -0.389. The number of alkyl halides is 1. The van der Waals surface area contributed by atoms with E-state index in [0.29, 0.717) is 5.33 Å². The predicted octanol–water partition coefficient (Wildman–Crippen LogP) is 2.04. The van der Waals surface area contributed by atoms with E-state index in [2.05, 4.69) is 15.9 Å². The molecule has 0 aromatic heterocycles. The van der Waals surface area contributed by atoms with Crippen LogP contribution in [0.1, 0.15) is 34.1 Å². The van der Waals surface area contributed by atoms with Crippen molar-refractivity contribution in [2.45, 2.75) is 45.8 Å². The lowest BCUT2D eigenvalue weighted by Crippen LogP contribution is -2.28. The summed E-state index contributed by atoms with van der Waals surface area (Å²) in [6, 6.07) is 0. The van der Waals surface area contributed by atoms with Crippen molar-refractivity contribution in [3.05, 3.63) is 0 Å². The summed E-state index contributed by atoms with van der Waals surface area (Å²) in [5.41, 5.74) is -0.510. The highest BCUT2D eigenvalue weighted by Crippen LogP contribution is 2.11. The van der Waals surface area contributed by atoms with E-state index in [9.17, 15) is 9.59 Å². The highest BCUT2D eigenvalue weighted by molar-refractivity contribution is 9.09. The fourth-order valence-corrected chi connectivity index (χ4v) is 1.29. The summed E-state index contributed by atoms with van der Waals surface area (Å²) in [5, 5.41) is 0.422. The van der Waals surface area contributed by atoms with E-state index in [1.807, 2.05) is 0 Å². The third kappa shape index (κ3) is 8.42. The third-order valence-corrected chi connectivity index (χ3v) is 2.04. The molecule has 0 fully saturated rings. The van der Waals surface area contributed by atoms with Crippen molar-refractivity contribution in [3.8, 4) is 0 Å². The molecule has 0 rings (SSSR count). The smallest absolute Gasteiger partial charge is 0.310 e. The molecule has 0 spiro atoms. The van der Waals surface area contributed by atoms with E-state index in [1.54, 1.807) is 20.8 Å².